The molecule has 0 atom stereocenters. The number of nitrogens with two attached hydrogens (primary N) is 1. The summed E-state index contributed by atoms with van der Waals surface area (Å²) >= 11 is 0. The van der Waals surface area contributed by atoms with Crippen molar-refractivity contribution in [2.75, 3.05) is 11.1 Å². The van der Waals surface area contributed by atoms with Crippen molar-refractivity contribution >= 4 is 33.9 Å². The lowest BCUT2D eigenvalue weighted by Crippen LogP contribution is -2.05. The molecule has 4 N–H and O–H groups in total. The van der Waals surface area contributed by atoms with Crippen LogP contribution in [0.25, 0.3) is 10.9 Å². The molecule has 138 valence electrons. The van der Waals surface area contributed by atoms with Crippen molar-refractivity contribution in [2.24, 2.45) is 0 Å². The van der Waals surface area contributed by atoms with Crippen LogP contribution in [0.4, 0.5) is 17.1 Å². The highest BCUT2D eigenvalue weighted by atomic mass is 16.5. The first-order chi connectivity index (χ1) is 13.6. The third-order valence-electron chi connectivity index (χ3n) is 4.26. The van der Waals surface area contributed by atoms with E-state index in [4.69, 9.17) is 10.5 Å². The molecule has 0 aliphatic rings. The molecule has 0 fully saturated rings. The Balaban J connectivity index is 1.67. The van der Waals surface area contributed by atoms with Crippen LogP contribution >= 0.6 is 0 Å². The van der Waals surface area contributed by atoms with Gasteiger partial charge in [-0.05, 0) is 42.5 Å². The standard InChI is InChI=1S/C22H17N3O3/c23-19-8-4-7-17-20(18(22(26)27)13-24-21(17)19)25-14-9-11-16(12-10-14)28-15-5-2-1-3-6-15/h1-13H,23H2,(H,24,25)(H,26,27). The van der Waals surface area contributed by atoms with Gasteiger partial charge in [0.1, 0.15) is 17.1 Å². The second-order valence-electron chi connectivity index (χ2n) is 6.16. The van der Waals surface area contributed by atoms with E-state index in [1.165, 1.54) is 6.20 Å². The number of rotatable bonds is 5. The van der Waals surface area contributed by atoms with Gasteiger partial charge < -0.3 is 20.9 Å². The summed E-state index contributed by atoms with van der Waals surface area (Å²) in [5.41, 5.74) is 8.27. The van der Waals surface area contributed by atoms with Crippen molar-refractivity contribution in [1.82, 2.24) is 4.98 Å². The van der Waals surface area contributed by atoms with E-state index in [-0.39, 0.29) is 5.56 Å². The van der Waals surface area contributed by atoms with E-state index >= 15 is 0 Å². The number of hydrogen-bond acceptors (Lipinski definition) is 5. The number of pyridine rings is 1. The van der Waals surface area contributed by atoms with Gasteiger partial charge >= 0.3 is 5.97 Å². The van der Waals surface area contributed by atoms with Crippen LogP contribution in [0.15, 0.2) is 79.0 Å². The average molecular weight is 371 g/mol. The quantitative estimate of drug-likeness (QED) is 0.425. The molecule has 0 amide bonds. The second-order valence-corrected chi connectivity index (χ2v) is 6.16. The molecule has 0 saturated heterocycles. The first-order valence-electron chi connectivity index (χ1n) is 8.62. The van der Waals surface area contributed by atoms with Gasteiger partial charge in [-0.3, -0.25) is 4.98 Å². The number of fused-ring (bicyclic) bond motifs is 1. The third kappa shape index (κ3) is 3.43. The number of carboxylic acids is 1. The first kappa shape index (κ1) is 17.4. The van der Waals surface area contributed by atoms with Gasteiger partial charge in [-0.1, -0.05) is 30.3 Å². The van der Waals surface area contributed by atoms with E-state index in [2.05, 4.69) is 10.3 Å². The normalized spacial score (nSPS) is 10.6. The zero-order valence-corrected chi connectivity index (χ0v) is 14.8. The Hall–Kier alpha value is -4.06. The maximum absolute atomic E-state index is 11.7. The fraction of sp³-hybridized carbons (Fsp3) is 0. The van der Waals surface area contributed by atoms with Crippen molar-refractivity contribution in [3.05, 3.63) is 84.6 Å². The van der Waals surface area contributed by atoms with Crippen molar-refractivity contribution < 1.29 is 14.6 Å². The summed E-state index contributed by atoms with van der Waals surface area (Å²) in [6.07, 6.45) is 1.32. The summed E-state index contributed by atoms with van der Waals surface area (Å²) in [5, 5.41) is 13.4. The summed E-state index contributed by atoms with van der Waals surface area (Å²) in [4.78, 5) is 15.9. The lowest BCUT2D eigenvalue weighted by atomic mass is 10.1. The van der Waals surface area contributed by atoms with Crippen molar-refractivity contribution in [1.29, 1.82) is 0 Å². The number of ether oxygens (including phenoxy) is 1. The number of hydrogen-bond donors (Lipinski definition) is 3. The van der Waals surface area contributed by atoms with Crippen LogP contribution in [0.3, 0.4) is 0 Å². The van der Waals surface area contributed by atoms with Crippen molar-refractivity contribution in [3.63, 3.8) is 0 Å². The molecule has 0 saturated carbocycles. The monoisotopic (exact) mass is 371 g/mol. The largest absolute Gasteiger partial charge is 0.478 e. The van der Waals surface area contributed by atoms with Gasteiger partial charge in [-0.25, -0.2) is 4.79 Å². The van der Waals surface area contributed by atoms with Crippen LogP contribution in [-0.2, 0) is 0 Å². The Bertz CT molecular complexity index is 1140. The molecule has 6 nitrogen and oxygen atoms in total. The average Bonchev–Trinajstić information content (AvgIpc) is 2.71. The Morgan fingerprint density at radius 2 is 1.64 bits per heavy atom. The number of nitrogens with one attached hydrogen (secondary N) is 1. The Morgan fingerprint density at radius 1 is 0.929 bits per heavy atom. The second kappa shape index (κ2) is 7.28. The summed E-state index contributed by atoms with van der Waals surface area (Å²) in [5.74, 6) is 0.356. The van der Waals surface area contributed by atoms with Gasteiger partial charge in [0.15, 0.2) is 0 Å². The van der Waals surface area contributed by atoms with Gasteiger partial charge in [0, 0.05) is 17.3 Å². The highest BCUT2D eigenvalue weighted by Gasteiger charge is 2.16. The number of carboxylic acid groups (broad SMARTS) is 1. The number of benzene rings is 3. The van der Waals surface area contributed by atoms with E-state index in [9.17, 15) is 9.90 Å². The maximum Gasteiger partial charge on any atom is 0.339 e. The van der Waals surface area contributed by atoms with E-state index in [1.807, 2.05) is 54.6 Å². The number of anilines is 3. The Labute approximate surface area is 161 Å². The molecule has 6 heteroatoms. The van der Waals surface area contributed by atoms with E-state index in [0.717, 1.165) is 11.4 Å². The number of para-hydroxylation sites is 2. The third-order valence-corrected chi connectivity index (χ3v) is 4.26. The highest BCUT2D eigenvalue weighted by molar-refractivity contribution is 6.07. The van der Waals surface area contributed by atoms with E-state index in [0.29, 0.717) is 28.0 Å². The van der Waals surface area contributed by atoms with Crippen molar-refractivity contribution in [2.45, 2.75) is 0 Å². The zero-order chi connectivity index (χ0) is 19.5. The zero-order valence-electron chi connectivity index (χ0n) is 14.8. The molecule has 1 aromatic heterocycles. The highest BCUT2D eigenvalue weighted by Crippen LogP contribution is 2.32. The molecule has 1 heterocycles. The van der Waals surface area contributed by atoms with Gasteiger partial charge in [0.05, 0.1) is 16.9 Å². The predicted octanol–water partition coefficient (Wildman–Crippen LogP) is 5.05. The number of nitrogens with zero attached hydrogens (tertiary/aromatic N) is 1. The minimum Gasteiger partial charge on any atom is -0.478 e. The molecular weight excluding hydrogens is 354 g/mol. The molecule has 0 aliphatic carbocycles. The van der Waals surface area contributed by atoms with E-state index < -0.39 is 5.97 Å². The van der Waals surface area contributed by atoms with Gasteiger partial charge in [-0.15, -0.1) is 0 Å². The molecule has 4 aromatic rings. The number of aromatic nitrogens is 1. The molecule has 0 bridgehead atoms. The molecular formula is C22H17N3O3. The van der Waals surface area contributed by atoms with Crippen molar-refractivity contribution in [3.8, 4) is 11.5 Å². The number of aromatic carboxylic acids is 1. The topological polar surface area (TPSA) is 97.5 Å². The summed E-state index contributed by atoms with van der Waals surface area (Å²) in [6.45, 7) is 0. The number of nitrogen functional groups attached to an aromatic ring is 1. The Morgan fingerprint density at radius 3 is 2.36 bits per heavy atom. The molecule has 0 spiro atoms. The molecule has 28 heavy (non-hydrogen) atoms. The first-order valence-corrected chi connectivity index (χ1v) is 8.62. The van der Waals surface area contributed by atoms with Crippen LogP contribution in [0.1, 0.15) is 10.4 Å². The number of carbonyl (C=O) groups is 1. The molecule has 0 aliphatic heterocycles. The van der Waals surface area contributed by atoms with Crippen LogP contribution in [-0.4, -0.2) is 16.1 Å². The smallest absolute Gasteiger partial charge is 0.339 e. The fourth-order valence-corrected chi connectivity index (χ4v) is 2.92. The SMILES string of the molecule is Nc1cccc2c(Nc3ccc(Oc4ccccc4)cc3)c(C(=O)O)cnc12. The van der Waals surface area contributed by atoms with Crippen LogP contribution in [0.2, 0.25) is 0 Å². The fourth-order valence-electron chi connectivity index (χ4n) is 2.92. The molecule has 0 unspecified atom stereocenters. The molecule has 0 radical (unpaired) electrons. The Kier molecular flexibility index (Phi) is 4.51. The minimum atomic E-state index is -1.07. The molecule has 3 aromatic carbocycles. The minimum absolute atomic E-state index is 0.0720. The van der Waals surface area contributed by atoms with Crippen LogP contribution < -0.4 is 15.8 Å². The van der Waals surface area contributed by atoms with Gasteiger partial charge in [0.2, 0.25) is 0 Å². The predicted molar refractivity (Wildman–Crippen MR) is 109 cm³/mol. The van der Waals surface area contributed by atoms with Gasteiger partial charge in [0.25, 0.3) is 0 Å². The lowest BCUT2D eigenvalue weighted by molar-refractivity contribution is 0.0697. The molecule has 4 rings (SSSR count). The summed E-state index contributed by atoms with van der Waals surface area (Å²) < 4.78 is 5.78. The summed E-state index contributed by atoms with van der Waals surface area (Å²) in [7, 11) is 0. The van der Waals surface area contributed by atoms with Crippen LogP contribution in [0.5, 0.6) is 11.5 Å². The van der Waals surface area contributed by atoms with E-state index in [1.54, 1.807) is 18.2 Å². The van der Waals surface area contributed by atoms with Gasteiger partial charge in [-0.2, -0.15) is 0 Å². The summed E-state index contributed by atoms with van der Waals surface area (Å²) in [6, 6.07) is 22.0. The van der Waals surface area contributed by atoms with Crippen LogP contribution in [0, 0.1) is 0 Å². The maximum atomic E-state index is 11.7. The lowest BCUT2D eigenvalue weighted by Gasteiger charge is -2.14.